The Hall–Kier alpha value is -2.00. The number of phenols is 2. The summed E-state index contributed by atoms with van der Waals surface area (Å²) < 4.78 is 0. The molecular weight excluding hydrogens is 252 g/mol. The van der Waals surface area contributed by atoms with Gasteiger partial charge in [-0.15, -0.1) is 0 Å². The largest absolute Gasteiger partial charge is 0.508 e. The van der Waals surface area contributed by atoms with Crippen LogP contribution >= 0.6 is 11.6 Å². The van der Waals surface area contributed by atoms with Crippen LogP contribution in [0.5, 0.6) is 11.5 Å². The number of halogens is 1. The van der Waals surface area contributed by atoms with Gasteiger partial charge in [0.15, 0.2) is 5.78 Å². The van der Waals surface area contributed by atoms with Crippen LogP contribution < -0.4 is 0 Å². The third-order valence-electron chi connectivity index (χ3n) is 2.65. The number of hydrogen-bond acceptors (Lipinski definition) is 3. The highest BCUT2D eigenvalue weighted by molar-refractivity contribution is 6.35. The summed E-state index contributed by atoms with van der Waals surface area (Å²) in [6, 6.07) is 8.73. The van der Waals surface area contributed by atoms with Crippen LogP contribution in [0.25, 0.3) is 0 Å². The summed E-state index contributed by atoms with van der Waals surface area (Å²) in [4.78, 5) is 12.3. The molecule has 18 heavy (non-hydrogen) atoms. The van der Waals surface area contributed by atoms with Gasteiger partial charge in [0.05, 0.1) is 5.02 Å². The predicted molar refractivity (Wildman–Crippen MR) is 69.4 cm³/mol. The van der Waals surface area contributed by atoms with Gasteiger partial charge in [0, 0.05) is 11.1 Å². The average Bonchev–Trinajstić information content (AvgIpc) is 2.28. The monoisotopic (exact) mass is 262 g/mol. The van der Waals surface area contributed by atoms with Crippen molar-refractivity contribution in [3.63, 3.8) is 0 Å². The van der Waals surface area contributed by atoms with E-state index in [0.717, 1.165) is 0 Å². The van der Waals surface area contributed by atoms with E-state index in [2.05, 4.69) is 0 Å². The molecule has 0 fully saturated rings. The first-order chi connectivity index (χ1) is 8.49. The molecule has 0 aromatic heterocycles. The fourth-order valence-corrected chi connectivity index (χ4v) is 2.00. The molecular formula is C14H11ClO3. The minimum Gasteiger partial charge on any atom is -0.508 e. The molecule has 0 saturated heterocycles. The smallest absolute Gasteiger partial charge is 0.194 e. The number of rotatable bonds is 2. The number of carbonyl (C=O) groups is 1. The van der Waals surface area contributed by atoms with E-state index in [1.54, 1.807) is 13.0 Å². The average molecular weight is 263 g/mol. The molecule has 0 unspecified atom stereocenters. The van der Waals surface area contributed by atoms with Crippen molar-refractivity contribution in [3.8, 4) is 11.5 Å². The van der Waals surface area contributed by atoms with Gasteiger partial charge in [0.1, 0.15) is 11.5 Å². The van der Waals surface area contributed by atoms with E-state index in [-0.39, 0.29) is 22.3 Å². The fraction of sp³-hybridized carbons (Fsp3) is 0.0714. The molecule has 0 atom stereocenters. The molecule has 2 aromatic carbocycles. The summed E-state index contributed by atoms with van der Waals surface area (Å²) in [5.74, 6) is -0.114. The van der Waals surface area contributed by atoms with Gasteiger partial charge < -0.3 is 10.2 Å². The molecule has 0 aliphatic heterocycles. The second kappa shape index (κ2) is 4.70. The van der Waals surface area contributed by atoms with Crippen molar-refractivity contribution in [2.45, 2.75) is 6.92 Å². The molecule has 0 saturated carbocycles. The van der Waals surface area contributed by atoms with E-state index in [0.29, 0.717) is 16.7 Å². The molecule has 0 spiro atoms. The van der Waals surface area contributed by atoms with E-state index in [1.807, 2.05) is 0 Å². The standard InChI is InChI=1S/C14H11ClO3/c1-8-6-9(16)2-4-11(8)14(18)12-5-3-10(17)7-13(12)15/h2-7,16-17H,1H3. The minimum atomic E-state index is -0.238. The van der Waals surface area contributed by atoms with Crippen molar-refractivity contribution in [3.05, 3.63) is 58.1 Å². The fourth-order valence-electron chi connectivity index (χ4n) is 1.74. The number of benzene rings is 2. The Morgan fingerprint density at radius 2 is 1.56 bits per heavy atom. The van der Waals surface area contributed by atoms with Crippen molar-refractivity contribution >= 4 is 17.4 Å². The Labute approximate surface area is 109 Å². The van der Waals surface area contributed by atoms with E-state index in [1.165, 1.54) is 30.3 Å². The van der Waals surface area contributed by atoms with Crippen LogP contribution in [0.1, 0.15) is 21.5 Å². The molecule has 2 aromatic rings. The first-order valence-corrected chi connectivity index (χ1v) is 5.69. The maximum atomic E-state index is 12.3. The lowest BCUT2D eigenvalue weighted by Gasteiger charge is -2.07. The number of ketones is 1. The van der Waals surface area contributed by atoms with E-state index < -0.39 is 0 Å². The number of carbonyl (C=O) groups excluding carboxylic acids is 1. The van der Waals surface area contributed by atoms with Gasteiger partial charge in [-0.1, -0.05) is 11.6 Å². The molecule has 3 nitrogen and oxygen atoms in total. The topological polar surface area (TPSA) is 57.5 Å². The van der Waals surface area contributed by atoms with Gasteiger partial charge in [0.2, 0.25) is 0 Å². The highest BCUT2D eigenvalue weighted by Crippen LogP contribution is 2.26. The maximum Gasteiger partial charge on any atom is 0.194 e. The summed E-state index contributed by atoms with van der Waals surface area (Å²) in [7, 11) is 0. The molecule has 0 radical (unpaired) electrons. The first-order valence-electron chi connectivity index (χ1n) is 5.32. The van der Waals surface area contributed by atoms with Gasteiger partial charge in [-0.2, -0.15) is 0 Å². The molecule has 92 valence electrons. The van der Waals surface area contributed by atoms with Crippen LogP contribution in [0, 0.1) is 6.92 Å². The lowest BCUT2D eigenvalue weighted by molar-refractivity contribution is 0.103. The van der Waals surface area contributed by atoms with Crippen LogP contribution in [-0.4, -0.2) is 16.0 Å². The van der Waals surface area contributed by atoms with Crippen LogP contribution in [0.3, 0.4) is 0 Å². The lowest BCUT2D eigenvalue weighted by Crippen LogP contribution is -2.04. The molecule has 0 bridgehead atoms. The van der Waals surface area contributed by atoms with Crippen molar-refractivity contribution in [2.75, 3.05) is 0 Å². The zero-order chi connectivity index (χ0) is 13.3. The summed E-state index contributed by atoms with van der Waals surface area (Å²) in [5.41, 5.74) is 1.47. The molecule has 0 aliphatic rings. The highest BCUT2D eigenvalue weighted by Gasteiger charge is 2.15. The number of aromatic hydroxyl groups is 2. The summed E-state index contributed by atoms with van der Waals surface area (Å²) >= 11 is 5.93. The number of hydrogen-bond donors (Lipinski definition) is 2. The molecule has 0 heterocycles. The van der Waals surface area contributed by atoms with Gasteiger partial charge in [-0.25, -0.2) is 0 Å². The Morgan fingerprint density at radius 1 is 1.00 bits per heavy atom. The predicted octanol–water partition coefficient (Wildman–Crippen LogP) is 3.29. The number of phenolic OH excluding ortho intramolecular Hbond substituents is 2. The minimum absolute atomic E-state index is 0.0129. The van der Waals surface area contributed by atoms with Crippen molar-refractivity contribution in [2.24, 2.45) is 0 Å². The van der Waals surface area contributed by atoms with Crippen LogP contribution in [0.4, 0.5) is 0 Å². The maximum absolute atomic E-state index is 12.3. The Morgan fingerprint density at radius 3 is 2.11 bits per heavy atom. The summed E-state index contributed by atoms with van der Waals surface area (Å²) in [6.07, 6.45) is 0. The highest BCUT2D eigenvalue weighted by atomic mass is 35.5. The SMILES string of the molecule is Cc1cc(O)ccc1C(=O)c1ccc(O)cc1Cl. The third kappa shape index (κ3) is 2.31. The molecule has 4 heteroatoms. The first kappa shape index (κ1) is 12.5. The second-order valence-electron chi connectivity index (χ2n) is 3.99. The van der Waals surface area contributed by atoms with Gasteiger partial charge in [0.25, 0.3) is 0 Å². The van der Waals surface area contributed by atoms with Crippen LogP contribution in [0.2, 0.25) is 5.02 Å². The third-order valence-corrected chi connectivity index (χ3v) is 2.96. The quantitative estimate of drug-likeness (QED) is 0.817. The molecule has 0 amide bonds. The normalized spacial score (nSPS) is 10.3. The van der Waals surface area contributed by atoms with Crippen molar-refractivity contribution < 1.29 is 15.0 Å². The zero-order valence-electron chi connectivity index (χ0n) is 9.64. The lowest BCUT2D eigenvalue weighted by atomic mass is 9.99. The molecule has 2 rings (SSSR count). The van der Waals surface area contributed by atoms with Crippen LogP contribution in [-0.2, 0) is 0 Å². The molecule has 2 N–H and O–H groups in total. The Balaban J connectivity index is 2.48. The van der Waals surface area contributed by atoms with Gasteiger partial charge in [-0.3, -0.25) is 4.79 Å². The van der Waals surface area contributed by atoms with Crippen molar-refractivity contribution in [1.82, 2.24) is 0 Å². The van der Waals surface area contributed by atoms with Crippen LogP contribution in [0.15, 0.2) is 36.4 Å². The van der Waals surface area contributed by atoms with Gasteiger partial charge in [-0.05, 0) is 48.9 Å². The summed E-state index contributed by atoms with van der Waals surface area (Å²) in [5, 5.41) is 18.8. The van der Waals surface area contributed by atoms with E-state index in [9.17, 15) is 15.0 Å². The number of aryl methyl sites for hydroxylation is 1. The van der Waals surface area contributed by atoms with E-state index in [4.69, 9.17) is 11.6 Å². The Bertz CT molecular complexity index is 567. The van der Waals surface area contributed by atoms with Gasteiger partial charge >= 0.3 is 0 Å². The molecule has 0 aliphatic carbocycles. The Kier molecular flexibility index (Phi) is 3.26. The zero-order valence-corrected chi connectivity index (χ0v) is 10.4. The van der Waals surface area contributed by atoms with Crippen molar-refractivity contribution in [1.29, 1.82) is 0 Å². The van der Waals surface area contributed by atoms with E-state index >= 15 is 0 Å². The second-order valence-corrected chi connectivity index (χ2v) is 4.40. The summed E-state index contributed by atoms with van der Waals surface area (Å²) in [6.45, 7) is 1.74.